The average Bonchev–Trinajstić information content (AvgIpc) is 2.81. The Hall–Kier alpha value is -0.730. The number of nitrogens with one attached hydrogen (secondary N) is 1. The summed E-state index contributed by atoms with van der Waals surface area (Å²) in [6.45, 7) is 10.9. The van der Waals surface area contributed by atoms with Crippen LogP contribution in [0.1, 0.15) is 52.5 Å². The number of hydrogen-bond donors (Lipinski definition) is 1. The minimum atomic E-state index is 0.621. The van der Waals surface area contributed by atoms with Gasteiger partial charge in [-0.25, -0.2) is 0 Å². The van der Waals surface area contributed by atoms with Crippen molar-refractivity contribution in [2.75, 3.05) is 11.4 Å². The van der Waals surface area contributed by atoms with Crippen molar-refractivity contribution in [1.29, 1.82) is 0 Å². The molecule has 1 aliphatic rings. The smallest absolute Gasteiger partial charge is 0.0471 e. The number of nitrogens with zero attached hydrogens (tertiary/aromatic N) is 1. The lowest BCUT2D eigenvalue weighted by molar-refractivity contribution is 0.552. The minimum Gasteiger partial charge on any atom is -0.366 e. The second kappa shape index (κ2) is 7.51. The quantitative estimate of drug-likeness (QED) is 0.808. The van der Waals surface area contributed by atoms with Crippen LogP contribution in [-0.2, 0) is 6.54 Å². The Balaban J connectivity index is 2.07. The van der Waals surface area contributed by atoms with Crippen molar-refractivity contribution in [3.8, 4) is 0 Å². The molecule has 0 spiro atoms. The van der Waals surface area contributed by atoms with E-state index in [1.54, 1.807) is 0 Å². The van der Waals surface area contributed by atoms with Gasteiger partial charge in [-0.2, -0.15) is 0 Å². The van der Waals surface area contributed by atoms with Crippen molar-refractivity contribution in [3.63, 3.8) is 0 Å². The first-order valence-corrected chi connectivity index (χ1v) is 8.68. The predicted octanol–water partition coefficient (Wildman–Crippen LogP) is 4.85. The highest BCUT2D eigenvalue weighted by Crippen LogP contribution is 2.34. The zero-order chi connectivity index (χ0) is 15.4. The molecule has 0 amide bonds. The molecule has 2 rings (SSSR count). The van der Waals surface area contributed by atoms with Gasteiger partial charge in [0.25, 0.3) is 0 Å². The normalized spacial score (nSPS) is 22.3. The fourth-order valence-corrected chi connectivity index (χ4v) is 3.52. The number of rotatable bonds is 6. The first-order valence-electron chi connectivity index (χ1n) is 8.30. The molecule has 2 unspecified atom stereocenters. The highest BCUT2D eigenvalue weighted by Gasteiger charge is 2.29. The molecule has 0 radical (unpaired) electrons. The fraction of sp³-hybridized carbons (Fsp3) is 0.667. The van der Waals surface area contributed by atoms with Gasteiger partial charge in [0.1, 0.15) is 0 Å². The molecule has 2 nitrogen and oxygen atoms in total. The standard InChI is InChI=1S/C18H29ClN2/c1-5-16-8-6-14(4)21(16)17-9-7-15(18(19)10-17)12-20-11-13(2)3/h7,9-10,13-14,16,20H,5-6,8,11-12H2,1-4H3. The Morgan fingerprint density at radius 3 is 2.71 bits per heavy atom. The lowest BCUT2D eigenvalue weighted by Crippen LogP contribution is -2.34. The van der Waals surface area contributed by atoms with Gasteiger partial charge in [0, 0.05) is 29.3 Å². The van der Waals surface area contributed by atoms with Gasteiger partial charge in [-0.3, -0.25) is 0 Å². The molecule has 0 saturated carbocycles. The molecule has 1 saturated heterocycles. The molecule has 1 aromatic carbocycles. The summed E-state index contributed by atoms with van der Waals surface area (Å²) in [6, 6.07) is 7.86. The van der Waals surface area contributed by atoms with E-state index in [0.29, 0.717) is 18.0 Å². The Kier molecular flexibility index (Phi) is 5.95. The molecular formula is C18H29ClN2. The number of benzene rings is 1. The van der Waals surface area contributed by atoms with Crippen LogP contribution in [-0.4, -0.2) is 18.6 Å². The molecule has 118 valence electrons. The van der Waals surface area contributed by atoms with Crippen molar-refractivity contribution in [2.24, 2.45) is 5.92 Å². The van der Waals surface area contributed by atoms with Crippen LogP contribution in [0.3, 0.4) is 0 Å². The summed E-state index contributed by atoms with van der Waals surface area (Å²) in [6.07, 6.45) is 3.79. The maximum Gasteiger partial charge on any atom is 0.0471 e. The molecule has 0 aliphatic carbocycles. The molecular weight excluding hydrogens is 280 g/mol. The van der Waals surface area contributed by atoms with Gasteiger partial charge in [-0.1, -0.05) is 38.4 Å². The fourth-order valence-electron chi connectivity index (χ4n) is 3.27. The minimum absolute atomic E-state index is 0.621. The van der Waals surface area contributed by atoms with Gasteiger partial charge < -0.3 is 10.2 Å². The van der Waals surface area contributed by atoms with Crippen molar-refractivity contribution >= 4 is 17.3 Å². The van der Waals surface area contributed by atoms with E-state index in [1.807, 2.05) is 0 Å². The summed E-state index contributed by atoms with van der Waals surface area (Å²) in [5, 5.41) is 4.35. The Bertz CT molecular complexity index is 459. The third-order valence-corrected chi connectivity index (χ3v) is 4.81. The van der Waals surface area contributed by atoms with Crippen LogP contribution >= 0.6 is 11.6 Å². The summed E-state index contributed by atoms with van der Waals surface area (Å²) >= 11 is 6.50. The number of hydrogen-bond acceptors (Lipinski definition) is 2. The van der Waals surface area contributed by atoms with Crippen molar-refractivity contribution in [1.82, 2.24) is 5.32 Å². The lowest BCUT2D eigenvalue weighted by atomic mass is 10.1. The molecule has 2 atom stereocenters. The summed E-state index contributed by atoms with van der Waals surface area (Å²) in [5.41, 5.74) is 2.48. The van der Waals surface area contributed by atoms with Crippen molar-refractivity contribution in [3.05, 3.63) is 28.8 Å². The Labute approximate surface area is 134 Å². The molecule has 3 heteroatoms. The van der Waals surface area contributed by atoms with E-state index in [1.165, 1.54) is 30.5 Å². The highest BCUT2D eigenvalue weighted by molar-refractivity contribution is 6.31. The van der Waals surface area contributed by atoms with Crippen LogP contribution in [0.2, 0.25) is 5.02 Å². The highest BCUT2D eigenvalue weighted by atomic mass is 35.5. The van der Waals surface area contributed by atoms with Crippen LogP contribution in [0.25, 0.3) is 0 Å². The number of halogens is 1. The second-order valence-corrected chi connectivity index (χ2v) is 7.10. The zero-order valence-electron chi connectivity index (χ0n) is 13.8. The first kappa shape index (κ1) is 16.6. The van der Waals surface area contributed by atoms with Gasteiger partial charge >= 0.3 is 0 Å². The summed E-state index contributed by atoms with van der Waals surface area (Å²) in [5.74, 6) is 0.666. The third kappa shape index (κ3) is 4.14. The van der Waals surface area contributed by atoms with Crippen LogP contribution in [0, 0.1) is 5.92 Å². The average molecular weight is 309 g/mol. The van der Waals surface area contributed by atoms with E-state index < -0.39 is 0 Å². The molecule has 0 aromatic heterocycles. The topological polar surface area (TPSA) is 15.3 Å². The first-order chi connectivity index (χ1) is 10.0. The number of anilines is 1. The molecule has 1 N–H and O–H groups in total. The summed E-state index contributed by atoms with van der Waals surface area (Å²) < 4.78 is 0. The monoisotopic (exact) mass is 308 g/mol. The third-order valence-electron chi connectivity index (χ3n) is 4.46. The van der Waals surface area contributed by atoms with Gasteiger partial charge in [0.2, 0.25) is 0 Å². The predicted molar refractivity (Wildman–Crippen MR) is 93.3 cm³/mol. The van der Waals surface area contributed by atoms with Crippen molar-refractivity contribution in [2.45, 2.75) is 65.6 Å². The summed E-state index contributed by atoms with van der Waals surface area (Å²) in [7, 11) is 0. The van der Waals surface area contributed by atoms with Gasteiger partial charge in [-0.15, -0.1) is 0 Å². The molecule has 1 heterocycles. The van der Waals surface area contributed by atoms with Crippen LogP contribution in [0.4, 0.5) is 5.69 Å². The van der Waals surface area contributed by atoms with Crippen LogP contribution in [0.5, 0.6) is 0 Å². The van der Waals surface area contributed by atoms with Crippen LogP contribution in [0.15, 0.2) is 18.2 Å². The largest absolute Gasteiger partial charge is 0.366 e. The second-order valence-electron chi connectivity index (χ2n) is 6.70. The van der Waals surface area contributed by atoms with Gasteiger partial charge in [-0.05, 0) is 56.3 Å². The SMILES string of the molecule is CCC1CCC(C)N1c1ccc(CNCC(C)C)c(Cl)c1. The molecule has 21 heavy (non-hydrogen) atoms. The zero-order valence-corrected chi connectivity index (χ0v) is 14.6. The maximum atomic E-state index is 6.50. The van der Waals surface area contributed by atoms with Gasteiger partial charge in [0.05, 0.1) is 0 Å². The van der Waals surface area contributed by atoms with E-state index in [2.05, 4.69) is 56.1 Å². The molecule has 1 aliphatic heterocycles. The Morgan fingerprint density at radius 1 is 1.33 bits per heavy atom. The molecule has 0 bridgehead atoms. The Morgan fingerprint density at radius 2 is 2.10 bits per heavy atom. The van der Waals surface area contributed by atoms with Crippen LogP contribution < -0.4 is 10.2 Å². The van der Waals surface area contributed by atoms with E-state index in [9.17, 15) is 0 Å². The molecule has 1 fully saturated rings. The van der Waals surface area contributed by atoms with E-state index in [4.69, 9.17) is 11.6 Å². The van der Waals surface area contributed by atoms with E-state index in [0.717, 1.165) is 18.1 Å². The van der Waals surface area contributed by atoms with Crippen molar-refractivity contribution < 1.29 is 0 Å². The maximum absolute atomic E-state index is 6.50. The molecule has 1 aromatic rings. The van der Waals surface area contributed by atoms with E-state index >= 15 is 0 Å². The van der Waals surface area contributed by atoms with Gasteiger partial charge in [0.15, 0.2) is 0 Å². The lowest BCUT2D eigenvalue weighted by Gasteiger charge is -2.30. The summed E-state index contributed by atoms with van der Waals surface area (Å²) in [4.78, 5) is 2.55. The van der Waals surface area contributed by atoms with E-state index in [-0.39, 0.29) is 0 Å².